The van der Waals surface area contributed by atoms with Crippen LogP contribution in [0.4, 0.5) is 0 Å². The molecule has 0 aliphatic heterocycles. The molecule has 0 heterocycles. The summed E-state index contributed by atoms with van der Waals surface area (Å²) in [5.74, 6) is -0.0446. The SMILES string of the molecule is CCCCC/C=C\CCCCCCCC(=O)OCCCCCCCCCCCCCCCCCCCCC(=O)NC(CO)C(O)CCCCCCCCCCC. The Morgan fingerprint density at radius 3 is 1.30 bits per heavy atom. The van der Waals surface area contributed by atoms with E-state index in [0.29, 0.717) is 25.9 Å². The van der Waals surface area contributed by atoms with E-state index in [1.54, 1.807) is 0 Å². The average molecular weight is 792 g/mol. The molecule has 0 saturated heterocycles. The van der Waals surface area contributed by atoms with Gasteiger partial charge in [-0.1, -0.05) is 219 Å². The Balaban J connectivity index is 3.38. The monoisotopic (exact) mass is 792 g/mol. The van der Waals surface area contributed by atoms with Gasteiger partial charge >= 0.3 is 5.97 Å². The number of rotatable bonds is 46. The van der Waals surface area contributed by atoms with Crippen molar-refractivity contribution in [3.05, 3.63) is 12.2 Å². The fraction of sp³-hybridized carbons (Fsp3) is 0.920. The smallest absolute Gasteiger partial charge is 0.305 e. The van der Waals surface area contributed by atoms with Crippen LogP contribution in [0.2, 0.25) is 0 Å². The zero-order chi connectivity index (χ0) is 40.8. The molecule has 0 aliphatic rings. The van der Waals surface area contributed by atoms with Crippen molar-refractivity contribution in [1.82, 2.24) is 5.32 Å². The second-order valence-corrected chi connectivity index (χ2v) is 17.1. The molecule has 2 unspecified atom stereocenters. The molecule has 0 aliphatic carbocycles. The highest BCUT2D eigenvalue weighted by atomic mass is 16.5. The lowest BCUT2D eigenvalue weighted by Crippen LogP contribution is -2.45. The molecule has 0 radical (unpaired) electrons. The van der Waals surface area contributed by atoms with Crippen LogP contribution in [0.5, 0.6) is 0 Å². The summed E-state index contributed by atoms with van der Waals surface area (Å²) < 4.78 is 5.45. The third-order valence-electron chi connectivity index (χ3n) is 11.6. The second-order valence-electron chi connectivity index (χ2n) is 17.1. The molecule has 0 rings (SSSR count). The summed E-state index contributed by atoms with van der Waals surface area (Å²) >= 11 is 0. The third kappa shape index (κ3) is 42.2. The van der Waals surface area contributed by atoms with Gasteiger partial charge in [0.05, 0.1) is 25.4 Å². The molecule has 3 N–H and O–H groups in total. The molecule has 6 heteroatoms. The van der Waals surface area contributed by atoms with E-state index in [-0.39, 0.29) is 18.5 Å². The third-order valence-corrected chi connectivity index (χ3v) is 11.6. The zero-order valence-electron chi connectivity index (χ0n) is 37.6. The second kappa shape index (κ2) is 46.3. The average Bonchev–Trinajstić information content (AvgIpc) is 3.20. The minimum absolute atomic E-state index is 0.00308. The summed E-state index contributed by atoms with van der Waals surface area (Å²) in [5.41, 5.74) is 0. The molecular weight excluding hydrogens is 695 g/mol. The number of carbonyl (C=O) groups is 2. The summed E-state index contributed by atoms with van der Waals surface area (Å²) in [5, 5.41) is 23.1. The lowest BCUT2D eigenvalue weighted by molar-refractivity contribution is -0.143. The number of allylic oxidation sites excluding steroid dienone is 2. The Morgan fingerprint density at radius 2 is 0.839 bits per heavy atom. The van der Waals surface area contributed by atoms with E-state index in [1.165, 1.54) is 193 Å². The van der Waals surface area contributed by atoms with E-state index in [2.05, 4.69) is 31.3 Å². The topological polar surface area (TPSA) is 95.9 Å². The highest BCUT2D eigenvalue weighted by Gasteiger charge is 2.20. The first kappa shape index (κ1) is 54.6. The van der Waals surface area contributed by atoms with Gasteiger partial charge in [0.15, 0.2) is 0 Å². The maximum Gasteiger partial charge on any atom is 0.305 e. The van der Waals surface area contributed by atoms with Crippen molar-refractivity contribution in [3.63, 3.8) is 0 Å². The van der Waals surface area contributed by atoms with Crippen LogP contribution in [-0.2, 0) is 14.3 Å². The molecule has 0 bridgehead atoms. The molecule has 0 fully saturated rings. The van der Waals surface area contributed by atoms with Crippen molar-refractivity contribution < 1.29 is 24.5 Å². The number of unbranched alkanes of at least 4 members (excludes halogenated alkanes) is 33. The lowest BCUT2D eigenvalue weighted by atomic mass is 10.0. The Kier molecular flexibility index (Phi) is 45.1. The Labute approximate surface area is 349 Å². The lowest BCUT2D eigenvalue weighted by Gasteiger charge is -2.22. The van der Waals surface area contributed by atoms with Gasteiger partial charge in [0.25, 0.3) is 0 Å². The Morgan fingerprint density at radius 1 is 0.482 bits per heavy atom. The van der Waals surface area contributed by atoms with Crippen LogP contribution < -0.4 is 5.32 Å². The summed E-state index contributed by atoms with van der Waals surface area (Å²) in [6.07, 6.45) is 51.8. The van der Waals surface area contributed by atoms with Gasteiger partial charge in [0.2, 0.25) is 5.91 Å². The summed E-state index contributed by atoms with van der Waals surface area (Å²) in [7, 11) is 0. The molecule has 0 aromatic heterocycles. The highest BCUT2D eigenvalue weighted by molar-refractivity contribution is 5.76. The summed E-state index contributed by atoms with van der Waals surface area (Å²) in [6.45, 7) is 4.89. The number of carbonyl (C=O) groups excluding carboxylic acids is 2. The van der Waals surface area contributed by atoms with Crippen molar-refractivity contribution >= 4 is 11.9 Å². The minimum Gasteiger partial charge on any atom is -0.466 e. The quantitative estimate of drug-likeness (QED) is 0.0324. The summed E-state index contributed by atoms with van der Waals surface area (Å²) in [6, 6.07) is -0.541. The van der Waals surface area contributed by atoms with E-state index in [4.69, 9.17) is 4.74 Å². The number of hydrogen-bond donors (Lipinski definition) is 3. The maximum atomic E-state index is 12.4. The Bertz CT molecular complexity index is 832. The standard InChI is InChI=1S/C50H97NO5/c1-3-5-7-9-11-13-14-24-28-32-36-40-44-50(55)56-45-41-37-33-29-25-22-20-18-16-15-17-19-21-23-27-31-35-39-43-49(54)51-47(46-52)48(53)42-38-34-30-26-12-10-8-6-4-2/h11,13,47-48,52-53H,3-10,12,14-46H2,1-2H3,(H,51,54)/b13-11-. The van der Waals surface area contributed by atoms with Crippen molar-refractivity contribution in [3.8, 4) is 0 Å². The predicted octanol–water partition coefficient (Wildman–Crippen LogP) is 14.6. The van der Waals surface area contributed by atoms with Gasteiger partial charge in [-0.25, -0.2) is 0 Å². The van der Waals surface area contributed by atoms with Crippen LogP contribution >= 0.6 is 0 Å². The predicted molar refractivity (Wildman–Crippen MR) is 241 cm³/mol. The van der Waals surface area contributed by atoms with Crippen molar-refractivity contribution in [2.45, 2.75) is 283 Å². The van der Waals surface area contributed by atoms with Gasteiger partial charge < -0.3 is 20.3 Å². The van der Waals surface area contributed by atoms with Crippen molar-refractivity contribution in [1.29, 1.82) is 0 Å². The molecule has 6 nitrogen and oxygen atoms in total. The molecule has 0 saturated carbocycles. The minimum atomic E-state index is -0.663. The molecule has 332 valence electrons. The number of hydrogen-bond acceptors (Lipinski definition) is 5. The van der Waals surface area contributed by atoms with Crippen LogP contribution in [0.25, 0.3) is 0 Å². The van der Waals surface area contributed by atoms with E-state index in [9.17, 15) is 19.8 Å². The highest BCUT2D eigenvalue weighted by Crippen LogP contribution is 2.16. The number of esters is 1. The van der Waals surface area contributed by atoms with Crippen LogP contribution in [0, 0.1) is 0 Å². The van der Waals surface area contributed by atoms with E-state index in [0.717, 1.165) is 44.9 Å². The van der Waals surface area contributed by atoms with E-state index < -0.39 is 12.1 Å². The largest absolute Gasteiger partial charge is 0.466 e. The van der Waals surface area contributed by atoms with Crippen LogP contribution in [0.1, 0.15) is 271 Å². The molecular formula is C50H97NO5. The zero-order valence-corrected chi connectivity index (χ0v) is 37.6. The van der Waals surface area contributed by atoms with Crippen molar-refractivity contribution in [2.24, 2.45) is 0 Å². The number of aliphatic hydroxyl groups excluding tert-OH is 2. The molecule has 0 spiro atoms. The van der Waals surface area contributed by atoms with Gasteiger partial charge in [-0.3, -0.25) is 9.59 Å². The molecule has 56 heavy (non-hydrogen) atoms. The van der Waals surface area contributed by atoms with Gasteiger partial charge in [0, 0.05) is 12.8 Å². The van der Waals surface area contributed by atoms with E-state index in [1.807, 2.05) is 0 Å². The molecule has 0 aromatic rings. The number of amides is 1. The van der Waals surface area contributed by atoms with Gasteiger partial charge in [-0.15, -0.1) is 0 Å². The summed E-state index contributed by atoms with van der Waals surface area (Å²) in [4.78, 5) is 24.4. The number of ether oxygens (including phenoxy) is 1. The van der Waals surface area contributed by atoms with Crippen molar-refractivity contribution in [2.75, 3.05) is 13.2 Å². The molecule has 0 aromatic carbocycles. The van der Waals surface area contributed by atoms with Crippen LogP contribution in [-0.4, -0.2) is 47.4 Å². The number of aliphatic hydroxyl groups is 2. The van der Waals surface area contributed by atoms with Gasteiger partial charge in [-0.2, -0.15) is 0 Å². The van der Waals surface area contributed by atoms with Gasteiger partial charge in [-0.05, 0) is 51.4 Å². The fourth-order valence-corrected chi connectivity index (χ4v) is 7.69. The van der Waals surface area contributed by atoms with Gasteiger partial charge in [0.1, 0.15) is 0 Å². The molecule has 1 amide bonds. The van der Waals surface area contributed by atoms with Crippen LogP contribution in [0.3, 0.4) is 0 Å². The van der Waals surface area contributed by atoms with E-state index >= 15 is 0 Å². The normalized spacial score (nSPS) is 12.7. The van der Waals surface area contributed by atoms with Crippen LogP contribution in [0.15, 0.2) is 12.2 Å². The first-order valence-electron chi connectivity index (χ1n) is 24.9. The first-order chi connectivity index (χ1) is 27.5. The fourth-order valence-electron chi connectivity index (χ4n) is 7.69. The molecule has 2 atom stereocenters. The number of nitrogens with one attached hydrogen (secondary N) is 1. The first-order valence-corrected chi connectivity index (χ1v) is 24.9. The Hall–Kier alpha value is -1.40. The maximum absolute atomic E-state index is 12.4.